The SMILES string of the molecule is CCOC(=O)C1=C(C)N=c2sc(=Cc3ccc([N+](=O)[O-])cc3)c(=O)n2C1C=Cc1ccccc1. The zero-order valence-corrected chi connectivity index (χ0v) is 19.3. The number of esters is 1. The quantitative estimate of drug-likeness (QED) is 0.309. The maximum absolute atomic E-state index is 13.4. The molecule has 1 aliphatic heterocycles. The summed E-state index contributed by atoms with van der Waals surface area (Å²) in [6.07, 6.45) is 5.32. The van der Waals surface area contributed by atoms with Crippen molar-refractivity contribution in [1.82, 2.24) is 4.57 Å². The molecular weight excluding hydrogens is 454 g/mol. The van der Waals surface area contributed by atoms with Gasteiger partial charge in [-0.25, -0.2) is 9.79 Å². The second kappa shape index (κ2) is 9.80. The summed E-state index contributed by atoms with van der Waals surface area (Å²) in [5, 5.41) is 10.9. The summed E-state index contributed by atoms with van der Waals surface area (Å²) in [5.41, 5.74) is 2.04. The Morgan fingerprint density at radius 3 is 2.53 bits per heavy atom. The van der Waals surface area contributed by atoms with E-state index >= 15 is 0 Å². The van der Waals surface area contributed by atoms with Crippen molar-refractivity contribution in [3.8, 4) is 0 Å². The van der Waals surface area contributed by atoms with Crippen LogP contribution in [0, 0.1) is 10.1 Å². The number of fused-ring (bicyclic) bond motifs is 1. The molecule has 2 heterocycles. The van der Waals surface area contributed by atoms with E-state index in [2.05, 4.69) is 4.99 Å². The number of aromatic nitrogens is 1. The average molecular weight is 476 g/mol. The first kappa shape index (κ1) is 23.1. The van der Waals surface area contributed by atoms with E-state index in [-0.39, 0.29) is 17.9 Å². The summed E-state index contributed by atoms with van der Waals surface area (Å²) >= 11 is 1.20. The molecule has 0 bridgehead atoms. The molecule has 0 amide bonds. The number of nitro benzene ring substituents is 1. The lowest BCUT2D eigenvalue weighted by Crippen LogP contribution is -2.38. The van der Waals surface area contributed by atoms with Crippen molar-refractivity contribution in [2.75, 3.05) is 6.61 Å². The molecule has 0 saturated carbocycles. The first-order valence-electron chi connectivity index (χ1n) is 10.6. The Kier molecular flexibility index (Phi) is 6.65. The molecule has 34 heavy (non-hydrogen) atoms. The van der Waals surface area contributed by atoms with E-state index in [1.54, 1.807) is 38.1 Å². The summed E-state index contributed by atoms with van der Waals surface area (Å²) in [7, 11) is 0. The fourth-order valence-electron chi connectivity index (χ4n) is 3.63. The van der Waals surface area contributed by atoms with Crippen molar-refractivity contribution >= 4 is 35.1 Å². The van der Waals surface area contributed by atoms with E-state index in [1.165, 1.54) is 28.0 Å². The van der Waals surface area contributed by atoms with Crippen LogP contribution in [-0.2, 0) is 9.53 Å². The molecule has 9 heteroatoms. The van der Waals surface area contributed by atoms with E-state index < -0.39 is 16.9 Å². The number of hydrogen-bond donors (Lipinski definition) is 0. The molecule has 172 valence electrons. The lowest BCUT2D eigenvalue weighted by atomic mass is 10.0. The summed E-state index contributed by atoms with van der Waals surface area (Å²) in [6, 6.07) is 14.8. The van der Waals surface area contributed by atoms with Gasteiger partial charge >= 0.3 is 5.97 Å². The highest BCUT2D eigenvalue weighted by Crippen LogP contribution is 2.26. The third kappa shape index (κ3) is 4.65. The zero-order valence-electron chi connectivity index (χ0n) is 18.5. The molecule has 3 aromatic rings. The topological polar surface area (TPSA) is 104 Å². The molecule has 0 spiro atoms. The monoisotopic (exact) mass is 475 g/mol. The van der Waals surface area contributed by atoms with Crippen LogP contribution in [0.15, 0.2) is 81.7 Å². The summed E-state index contributed by atoms with van der Waals surface area (Å²) in [6.45, 7) is 3.65. The number of rotatable bonds is 6. The molecule has 0 N–H and O–H groups in total. The van der Waals surface area contributed by atoms with Crippen molar-refractivity contribution in [3.05, 3.63) is 113 Å². The van der Waals surface area contributed by atoms with Crippen LogP contribution in [0.4, 0.5) is 5.69 Å². The van der Waals surface area contributed by atoms with Crippen molar-refractivity contribution in [3.63, 3.8) is 0 Å². The summed E-state index contributed by atoms with van der Waals surface area (Å²) < 4.78 is 7.15. The number of carbonyl (C=O) groups excluding carboxylic acids is 1. The van der Waals surface area contributed by atoms with Crippen molar-refractivity contribution in [2.24, 2.45) is 4.99 Å². The molecule has 1 atom stereocenters. The van der Waals surface area contributed by atoms with Gasteiger partial charge in [-0.1, -0.05) is 53.8 Å². The number of allylic oxidation sites excluding steroid dienone is 2. The number of non-ortho nitro benzene ring substituents is 1. The van der Waals surface area contributed by atoms with Gasteiger partial charge in [-0.15, -0.1) is 0 Å². The van der Waals surface area contributed by atoms with Gasteiger partial charge in [0.2, 0.25) is 0 Å². The second-order valence-corrected chi connectivity index (χ2v) is 8.47. The Hall–Kier alpha value is -4.11. The van der Waals surface area contributed by atoms with Gasteiger partial charge in [0, 0.05) is 12.1 Å². The smallest absolute Gasteiger partial charge is 0.338 e. The molecular formula is C25H21N3O5S. The number of thiazole rings is 1. The van der Waals surface area contributed by atoms with Gasteiger partial charge < -0.3 is 4.74 Å². The number of carbonyl (C=O) groups is 1. The van der Waals surface area contributed by atoms with Crippen LogP contribution in [0.2, 0.25) is 0 Å². The fraction of sp³-hybridized carbons (Fsp3) is 0.160. The molecule has 1 unspecified atom stereocenters. The predicted octanol–water partition coefficient (Wildman–Crippen LogP) is 3.37. The molecule has 1 aromatic heterocycles. The zero-order chi connectivity index (χ0) is 24.2. The van der Waals surface area contributed by atoms with E-state index in [4.69, 9.17) is 4.74 Å². The van der Waals surface area contributed by atoms with Gasteiger partial charge in [0.05, 0.1) is 33.4 Å². The Bertz CT molecular complexity index is 1480. The van der Waals surface area contributed by atoms with Crippen LogP contribution in [-0.4, -0.2) is 22.1 Å². The first-order valence-corrected chi connectivity index (χ1v) is 11.4. The normalized spacial score (nSPS) is 15.8. The van der Waals surface area contributed by atoms with Crippen molar-refractivity contribution < 1.29 is 14.5 Å². The highest BCUT2D eigenvalue weighted by atomic mass is 32.1. The van der Waals surface area contributed by atoms with Crippen LogP contribution < -0.4 is 14.9 Å². The van der Waals surface area contributed by atoms with E-state index in [1.807, 2.05) is 36.4 Å². The highest BCUT2D eigenvalue weighted by Gasteiger charge is 2.30. The number of benzene rings is 2. The van der Waals surface area contributed by atoms with Gasteiger partial charge in [-0.2, -0.15) is 0 Å². The third-order valence-electron chi connectivity index (χ3n) is 5.23. The Labute approximate surface area is 198 Å². The van der Waals surface area contributed by atoms with Gasteiger partial charge in [0.15, 0.2) is 4.80 Å². The van der Waals surface area contributed by atoms with Crippen molar-refractivity contribution in [2.45, 2.75) is 19.9 Å². The van der Waals surface area contributed by atoms with Crippen LogP contribution >= 0.6 is 11.3 Å². The molecule has 0 aliphatic carbocycles. The minimum atomic E-state index is -0.686. The van der Waals surface area contributed by atoms with E-state index in [0.29, 0.717) is 26.2 Å². The largest absolute Gasteiger partial charge is 0.463 e. The van der Waals surface area contributed by atoms with Crippen LogP contribution in [0.3, 0.4) is 0 Å². The van der Waals surface area contributed by atoms with Gasteiger partial charge in [-0.3, -0.25) is 19.5 Å². The van der Waals surface area contributed by atoms with Crippen LogP contribution in [0.25, 0.3) is 12.2 Å². The molecule has 0 saturated heterocycles. The minimum Gasteiger partial charge on any atom is -0.463 e. The van der Waals surface area contributed by atoms with Crippen LogP contribution in [0.1, 0.15) is 31.0 Å². The van der Waals surface area contributed by atoms with E-state index in [0.717, 1.165) is 5.56 Å². The standard InChI is InChI=1S/C25H21N3O5S/c1-3-33-24(30)22-16(2)26-25-27(20(22)14-11-17-7-5-4-6-8-17)23(29)21(34-25)15-18-9-12-19(13-10-18)28(31)32/h4-15,20H,3H2,1-2H3. The number of hydrogen-bond acceptors (Lipinski definition) is 7. The van der Waals surface area contributed by atoms with Crippen molar-refractivity contribution in [1.29, 1.82) is 0 Å². The van der Waals surface area contributed by atoms with Gasteiger partial charge in [0.1, 0.15) is 0 Å². The lowest BCUT2D eigenvalue weighted by molar-refractivity contribution is -0.384. The molecule has 2 aromatic carbocycles. The first-order chi connectivity index (χ1) is 16.4. The molecule has 1 aliphatic rings. The second-order valence-electron chi connectivity index (χ2n) is 7.46. The van der Waals surface area contributed by atoms with Gasteiger partial charge in [0.25, 0.3) is 11.2 Å². The number of ether oxygens (including phenoxy) is 1. The highest BCUT2D eigenvalue weighted by molar-refractivity contribution is 7.07. The van der Waals surface area contributed by atoms with Gasteiger partial charge in [-0.05, 0) is 43.2 Å². The number of nitro groups is 1. The van der Waals surface area contributed by atoms with Crippen LogP contribution in [0.5, 0.6) is 0 Å². The van der Waals surface area contributed by atoms with E-state index in [9.17, 15) is 19.7 Å². The molecule has 0 fully saturated rings. The summed E-state index contributed by atoms with van der Waals surface area (Å²) in [4.78, 5) is 41.6. The minimum absolute atomic E-state index is 0.0284. The molecule has 0 radical (unpaired) electrons. The fourth-order valence-corrected chi connectivity index (χ4v) is 4.68. The molecule has 8 nitrogen and oxygen atoms in total. The lowest BCUT2D eigenvalue weighted by Gasteiger charge is -2.21. The summed E-state index contributed by atoms with van der Waals surface area (Å²) in [5.74, 6) is -0.517. The number of nitrogens with zero attached hydrogens (tertiary/aromatic N) is 3. The maximum atomic E-state index is 13.4. The molecule has 4 rings (SSSR count). The maximum Gasteiger partial charge on any atom is 0.338 e. The Morgan fingerprint density at radius 1 is 1.18 bits per heavy atom. The predicted molar refractivity (Wildman–Crippen MR) is 130 cm³/mol. The third-order valence-corrected chi connectivity index (χ3v) is 6.21. The Balaban J connectivity index is 1.84. The Morgan fingerprint density at radius 2 is 1.88 bits per heavy atom. The average Bonchev–Trinajstić information content (AvgIpc) is 3.12.